The molecule has 0 spiro atoms. The van der Waals surface area contributed by atoms with Gasteiger partial charge in [0.2, 0.25) is 0 Å². The molecule has 5 rings (SSSR count). The van der Waals surface area contributed by atoms with Crippen LogP contribution < -0.4 is 15.4 Å². The predicted octanol–water partition coefficient (Wildman–Crippen LogP) is 4.23. The number of likely N-dealkylation sites (tertiary alicyclic amines) is 1. The number of nitrogens with zero attached hydrogens (tertiary/aromatic N) is 6. The maximum absolute atomic E-state index is 15.0. The minimum absolute atomic E-state index is 0.128. The van der Waals surface area contributed by atoms with Gasteiger partial charge in [-0.25, -0.2) is 24.3 Å². The third kappa shape index (κ3) is 6.09. The fourth-order valence-corrected chi connectivity index (χ4v) is 5.11. The van der Waals surface area contributed by atoms with Crippen LogP contribution in [0, 0.1) is 5.82 Å². The van der Waals surface area contributed by atoms with Crippen molar-refractivity contribution >= 4 is 22.6 Å². The molecule has 0 bridgehead atoms. The molecular weight excluding hydrogens is 523 g/mol. The van der Waals surface area contributed by atoms with E-state index in [1.54, 1.807) is 24.7 Å². The number of anilines is 1. The van der Waals surface area contributed by atoms with Crippen molar-refractivity contribution in [1.82, 2.24) is 35.1 Å². The van der Waals surface area contributed by atoms with Gasteiger partial charge in [0.1, 0.15) is 24.1 Å². The maximum atomic E-state index is 15.0. The van der Waals surface area contributed by atoms with Gasteiger partial charge in [-0.1, -0.05) is 19.9 Å². The van der Waals surface area contributed by atoms with Gasteiger partial charge < -0.3 is 20.3 Å². The molecule has 1 amide bonds. The summed E-state index contributed by atoms with van der Waals surface area (Å²) in [6.07, 6.45) is 9.23. The molecule has 0 saturated carbocycles. The van der Waals surface area contributed by atoms with Crippen LogP contribution in [0.4, 0.5) is 10.2 Å². The van der Waals surface area contributed by atoms with Crippen molar-refractivity contribution in [2.45, 2.75) is 44.6 Å². The Morgan fingerprint density at radius 1 is 1.12 bits per heavy atom. The summed E-state index contributed by atoms with van der Waals surface area (Å²) < 4.78 is 20.9. The normalized spacial score (nSPS) is 15.8. The van der Waals surface area contributed by atoms with Crippen LogP contribution in [-0.4, -0.2) is 75.6 Å². The van der Waals surface area contributed by atoms with Crippen molar-refractivity contribution in [3.8, 4) is 17.3 Å². The quantitative estimate of drug-likeness (QED) is 0.311. The summed E-state index contributed by atoms with van der Waals surface area (Å²) >= 11 is 0. The summed E-state index contributed by atoms with van der Waals surface area (Å²) in [6.45, 7) is 6.65. The first kappa shape index (κ1) is 28.3. The predicted molar refractivity (Wildman–Crippen MR) is 155 cm³/mol. The number of hydrogen-bond acceptors (Lipinski definition) is 9. The molecule has 4 aromatic rings. The van der Waals surface area contributed by atoms with Crippen molar-refractivity contribution in [3.63, 3.8) is 0 Å². The first-order valence-corrected chi connectivity index (χ1v) is 13.8. The Balaban J connectivity index is 1.33. The number of halogens is 1. The third-order valence-corrected chi connectivity index (χ3v) is 7.93. The van der Waals surface area contributed by atoms with E-state index in [-0.39, 0.29) is 23.0 Å². The lowest BCUT2D eigenvalue weighted by Gasteiger charge is -2.30. The molecule has 10 nitrogen and oxygen atoms in total. The molecule has 1 unspecified atom stereocenters. The Bertz CT molecular complexity index is 1530. The number of carbonyl (C=O) groups is 1. The first-order valence-electron chi connectivity index (χ1n) is 13.8. The minimum atomic E-state index is -0.479. The molecule has 1 saturated heterocycles. The highest BCUT2D eigenvalue weighted by molar-refractivity contribution is 6.06. The van der Waals surface area contributed by atoms with E-state index in [1.165, 1.54) is 25.5 Å². The second-order valence-electron chi connectivity index (χ2n) is 10.7. The lowest BCUT2D eigenvalue weighted by atomic mass is 9.78. The fraction of sp³-hybridized carbons (Fsp3) is 0.400. The number of nitrogens with one attached hydrogen (secondary N) is 2. The van der Waals surface area contributed by atoms with Gasteiger partial charge in [-0.3, -0.25) is 9.78 Å². The van der Waals surface area contributed by atoms with Crippen molar-refractivity contribution < 1.29 is 13.9 Å². The number of benzene rings is 1. The summed E-state index contributed by atoms with van der Waals surface area (Å²) in [5.41, 5.74) is 2.56. The van der Waals surface area contributed by atoms with Gasteiger partial charge in [-0.15, -0.1) is 0 Å². The molecule has 4 heterocycles. The van der Waals surface area contributed by atoms with Gasteiger partial charge in [0.15, 0.2) is 0 Å². The van der Waals surface area contributed by atoms with E-state index in [2.05, 4.69) is 61.3 Å². The highest BCUT2D eigenvalue weighted by atomic mass is 19.1. The molecule has 2 N–H and O–H groups in total. The number of ether oxygens (including phenoxy) is 1. The highest BCUT2D eigenvalue weighted by Gasteiger charge is 2.29. The summed E-state index contributed by atoms with van der Waals surface area (Å²) in [5, 5.41) is 6.22. The molecule has 1 aliphatic heterocycles. The first-order chi connectivity index (χ1) is 19.8. The maximum Gasteiger partial charge on any atom is 0.316 e. The van der Waals surface area contributed by atoms with Gasteiger partial charge in [0, 0.05) is 67.7 Å². The molecule has 0 radical (unpaired) electrons. The average molecular weight is 559 g/mol. The van der Waals surface area contributed by atoms with E-state index in [4.69, 9.17) is 4.74 Å². The number of fused-ring (bicyclic) bond motifs is 1. The minimum Gasteiger partial charge on any atom is -0.460 e. The standard InChI is InChI=1S/C30H35FN8O2/c1-5-30(2,22-6-7-23(31)26-21(28(40)32-3)8-11-33-27(22)26)17-36-25-14-24(37-18-38-25)19-15-34-29(35-16-19)41-20-9-12-39(4)13-10-20/h6-8,11,14-16,18,20H,5,9-10,12-13,17H2,1-4H3,(H,32,40)(H,36,37,38). The Kier molecular flexibility index (Phi) is 8.34. The highest BCUT2D eigenvalue weighted by Crippen LogP contribution is 2.35. The van der Waals surface area contributed by atoms with Crippen LogP contribution in [0.25, 0.3) is 22.2 Å². The van der Waals surface area contributed by atoms with E-state index in [1.807, 2.05) is 6.07 Å². The van der Waals surface area contributed by atoms with Crippen LogP contribution in [0.1, 0.15) is 49.0 Å². The molecule has 11 heteroatoms. The lowest BCUT2D eigenvalue weighted by Crippen LogP contribution is -2.35. The number of amides is 1. The van der Waals surface area contributed by atoms with Crippen molar-refractivity contribution in [2.75, 3.05) is 39.0 Å². The Hall–Kier alpha value is -4.25. The zero-order valence-corrected chi connectivity index (χ0v) is 23.8. The molecule has 214 valence electrons. The van der Waals surface area contributed by atoms with E-state index < -0.39 is 11.2 Å². The Morgan fingerprint density at radius 3 is 2.59 bits per heavy atom. The van der Waals surface area contributed by atoms with Gasteiger partial charge >= 0.3 is 6.01 Å². The summed E-state index contributed by atoms with van der Waals surface area (Å²) in [5.74, 6) is -0.206. The topological polar surface area (TPSA) is 118 Å². The van der Waals surface area contributed by atoms with Crippen LogP contribution in [-0.2, 0) is 5.41 Å². The van der Waals surface area contributed by atoms with Crippen molar-refractivity contribution in [3.05, 3.63) is 66.1 Å². The molecule has 41 heavy (non-hydrogen) atoms. The van der Waals surface area contributed by atoms with E-state index in [0.29, 0.717) is 29.6 Å². The smallest absolute Gasteiger partial charge is 0.316 e. The van der Waals surface area contributed by atoms with Gasteiger partial charge in [0.25, 0.3) is 5.91 Å². The Labute approximate surface area is 238 Å². The van der Waals surface area contributed by atoms with E-state index in [0.717, 1.165) is 43.5 Å². The van der Waals surface area contributed by atoms with Crippen LogP contribution in [0.5, 0.6) is 6.01 Å². The van der Waals surface area contributed by atoms with Crippen LogP contribution in [0.3, 0.4) is 0 Å². The van der Waals surface area contributed by atoms with Gasteiger partial charge in [-0.05, 0) is 44.0 Å². The van der Waals surface area contributed by atoms with Crippen LogP contribution >= 0.6 is 0 Å². The number of hydrogen-bond donors (Lipinski definition) is 2. The summed E-state index contributed by atoms with van der Waals surface area (Å²) in [4.78, 5) is 36.8. The third-order valence-electron chi connectivity index (χ3n) is 7.93. The zero-order valence-electron chi connectivity index (χ0n) is 23.8. The van der Waals surface area contributed by atoms with Crippen molar-refractivity contribution in [1.29, 1.82) is 0 Å². The van der Waals surface area contributed by atoms with Crippen LogP contribution in [0.15, 0.2) is 49.2 Å². The van der Waals surface area contributed by atoms with Crippen molar-refractivity contribution in [2.24, 2.45) is 0 Å². The second kappa shape index (κ2) is 12.1. The number of rotatable bonds is 9. The fourth-order valence-electron chi connectivity index (χ4n) is 5.11. The summed E-state index contributed by atoms with van der Waals surface area (Å²) in [6, 6.07) is 6.91. The number of pyridine rings is 1. The lowest BCUT2D eigenvalue weighted by molar-refractivity contribution is 0.0964. The SMILES string of the molecule is CCC(C)(CNc1cc(-c2cnc(OC3CCN(C)CC3)nc2)ncn1)c1ccc(F)c2c(C(=O)NC)ccnc12. The average Bonchev–Trinajstić information content (AvgIpc) is 3.01. The molecule has 1 atom stereocenters. The van der Waals surface area contributed by atoms with E-state index >= 15 is 0 Å². The number of carbonyl (C=O) groups excluding carboxylic acids is 1. The molecule has 1 aromatic carbocycles. The Morgan fingerprint density at radius 2 is 1.88 bits per heavy atom. The zero-order chi connectivity index (χ0) is 29.0. The molecule has 1 fully saturated rings. The molecular formula is C30H35FN8O2. The summed E-state index contributed by atoms with van der Waals surface area (Å²) in [7, 11) is 3.64. The van der Waals surface area contributed by atoms with Gasteiger partial charge in [-0.2, -0.15) is 0 Å². The van der Waals surface area contributed by atoms with Crippen LogP contribution in [0.2, 0.25) is 0 Å². The van der Waals surface area contributed by atoms with E-state index in [9.17, 15) is 9.18 Å². The second-order valence-corrected chi connectivity index (χ2v) is 10.7. The number of aromatic nitrogens is 5. The molecule has 1 aliphatic rings. The van der Waals surface area contributed by atoms with Gasteiger partial charge in [0.05, 0.1) is 16.8 Å². The number of piperidine rings is 1. The molecule has 0 aliphatic carbocycles. The largest absolute Gasteiger partial charge is 0.460 e. The molecule has 3 aromatic heterocycles. The monoisotopic (exact) mass is 558 g/mol.